The number of anilines is 1. The van der Waals surface area contributed by atoms with E-state index >= 15 is 0 Å². The molecule has 7 atom stereocenters. The van der Waals surface area contributed by atoms with E-state index in [0.717, 1.165) is 18.4 Å². The second-order valence-electron chi connectivity index (χ2n) is 10.6. The third-order valence-electron chi connectivity index (χ3n) is 8.41. The molecule has 2 saturated carbocycles. The first-order valence-electron chi connectivity index (χ1n) is 13.1. The number of amides is 3. The maximum Gasteiger partial charge on any atom is 0.338 e. The van der Waals surface area contributed by atoms with Crippen LogP contribution in [-0.4, -0.2) is 41.2 Å². The number of allylic oxidation sites excluding steroid dienone is 2. The van der Waals surface area contributed by atoms with E-state index < -0.39 is 17.9 Å². The highest BCUT2D eigenvalue weighted by atomic mass is 16.5. The van der Waals surface area contributed by atoms with Gasteiger partial charge in [0.2, 0.25) is 17.7 Å². The molecule has 2 aromatic carbocycles. The highest BCUT2D eigenvalue weighted by molar-refractivity contribution is 6.10. The van der Waals surface area contributed by atoms with Crippen molar-refractivity contribution in [2.24, 2.45) is 35.5 Å². The average molecular weight is 499 g/mol. The van der Waals surface area contributed by atoms with Gasteiger partial charge in [0.05, 0.1) is 24.0 Å². The predicted molar refractivity (Wildman–Crippen MR) is 136 cm³/mol. The van der Waals surface area contributed by atoms with Crippen LogP contribution >= 0.6 is 0 Å². The summed E-state index contributed by atoms with van der Waals surface area (Å²) in [7, 11) is 0. The van der Waals surface area contributed by atoms with Crippen LogP contribution in [0.3, 0.4) is 0 Å². The van der Waals surface area contributed by atoms with Gasteiger partial charge in [-0.25, -0.2) is 4.79 Å². The molecule has 1 N–H and O–H groups in total. The molecule has 0 aromatic heterocycles. The van der Waals surface area contributed by atoms with Crippen LogP contribution in [0.15, 0.2) is 66.7 Å². The molecule has 7 nitrogen and oxygen atoms in total. The normalized spacial score (nSPS) is 29.5. The van der Waals surface area contributed by atoms with Crippen molar-refractivity contribution in [2.45, 2.75) is 32.2 Å². The van der Waals surface area contributed by atoms with E-state index in [0.29, 0.717) is 29.7 Å². The summed E-state index contributed by atoms with van der Waals surface area (Å²) in [5.41, 5.74) is 1.74. The van der Waals surface area contributed by atoms with E-state index in [4.69, 9.17) is 4.74 Å². The number of carbonyl (C=O) groups excluding carboxylic acids is 4. The molecule has 5 aliphatic rings. The second kappa shape index (κ2) is 9.29. The molecular formula is C30H30N2O5. The van der Waals surface area contributed by atoms with Gasteiger partial charge >= 0.3 is 5.97 Å². The van der Waals surface area contributed by atoms with Crippen LogP contribution in [0.1, 0.15) is 35.7 Å². The molecule has 3 fully saturated rings. The van der Waals surface area contributed by atoms with Gasteiger partial charge in [0, 0.05) is 12.1 Å². The van der Waals surface area contributed by atoms with Crippen LogP contribution in [0, 0.1) is 35.5 Å². The lowest BCUT2D eigenvalue weighted by atomic mass is 9.63. The smallest absolute Gasteiger partial charge is 0.338 e. The number of hydrogen-bond acceptors (Lipinski definition) is 5. The maximum absolute atomic E-state index is 13.7. The Balaban J connectivity index is 1.25. The molecule has 4 aliphatic carbocycles. The topological polar surface area (TPSA) is 92.8 Å². The highest BCUT2D eigenvalue weighted by Gasteiger charge is 2.67. The fourth-order valence-electron chi connectivity index (χ4n) is 6.62. The molecular weight excluding hydrogens is 468 g/mol. The lowest BCUT2D eigenvalue weighted by molar-refractivity contribution is -0.146. The van der Waals surface area contributed by atoms with E-state index in [-0.39, 0.29) is 41.9 Å². The average Bonchev–Trinajstić information content (AvgIpc) is 3.70. The molecule has 1 heterocycles. The zero-order valence-electron chi connectivity index (χ0n) is 20.7. The standard InChI is InChI=1S/C30H30N2O5/c1-2-14-37-30(36)18-8-10-19(11-9-18)31-27(33)24(15-17-6-4-3-5-7-17)32-28(34)25-20-12-13-21(23-16-22(20)23)26(25)29(32)35/h3-13,20-26H,2,14-16H2,1H3,(H,31,33)/t20-,21-,22-,23-,24-,25-,26+/m1/s1. The van der Waals surface area contributed by atoms with Crippen molar-refractivity contribution in [3.63, 3.8) is 0 Å². The van der Waals surface area contributed by atoms with Crippen molar-refractivity contribution in [3.8, 4) is 0 Å². The first-order chi connectivity index (χ1) is 18.0. The van der Waals surface area contributed by atoms with Gasteiger partial charge in [-0.15, -0.1) is 0 Å². The Kier molecular flexibility index (Phi) is 5.94. The lowest BCUT2D eigenvalue weighted by Gasteiger charge is -2.37. The Labute approximate surface area is 215 Å². The molecule has 1 aliphatic heterocycles. The fraction of sp³-hybridized carbons (Fsp3) is 0.400. The van der Waals surface area contributed by atoms with Gasteiger partial charge in [-0.3, -0.25) is 19.3 Å². The third-order valence-corrected chi connectivity index (χ3v) is 8.41. The molecule has 0 unspecified atom stereocenters. The monoisotopic (exact) mass is 498 g/mol. The van der Waals surface area contributed by atoms with Crippen molar-refractivity contribution in [2.75, 3.05) is 11.9 Å². The number of benzene rings is 2. The Morgan fingerprint density at radius 3 is 2.16 bits per heavy atom. The van der Waals surface area contributed by atoms with Gasteiger partial charge in [-0.05, 0) is 66.3 Å². The molecule has 190 valence electrons. The summed E-state index contributed by atoms with van der Waals surface area (Å²) >= 11 is 0. The van der Waals surface area contributed by atoms with Crippen LogP contribution in [0.2, 0.25) is 0 Å². The number of rotatable bonds is 8. The number of likely N-dealkylation sites (tertiary alicyclic amines) is 1. The summed E-state index contributed by atoms with van der Waals surface area (Å²) in [6, 6.07) is 14.9. The van der Waals surface area contributed by atoms with E-state index in [1.54, 1.807) is 24.3 Å². The van der Waals surface area contributed by atoms with Gasteiger partial charge < -0.3 is 10.1 Å². The predicted octanol–water partition coefficient (Wildman–Crippen LogP) is 3.86. The van der Waals surface area contributed by atoms with E-state index in [9.17, 15) is 19.2 Å². The van der Waals surface area contributed by atoms with E-state index in [2.05, 4.69) is 17.5 Å². The molecule has 0 spiro atoms. The zero-order valence-corrected chi connectivity index (χ0v) is 20.7. The van der Waals surface area contributed by atoms with E-state index in [1.807, 2.05) is 37.3 Å². The number of hydrogen-bond donors (Lipinski definition) is 1. The van der Waals surface area contributed by atoms with Crippen molar-refractivity contribution >= 4 is 29.4 Å². The van der Waals surface area contributed by atoms with Crippen molar-refractivity contribution < 1.29 is 23.9 Å². The number of carbonyl (C=O) groups is 4. The van der Waals surface area contributed by atoms with Gasteiger partial charge in [-0.1, -0.05) is 49.4 Å². The fourth-order valence-corrected chi connectivity index (χ4v) is 6.62. The lowest BCUT2D eigenvalue weighted by Crippen LogP contribution is -2.49. The highest BCUT2D eigenvalue weighted by Crippen LogP contribution is 2.65. The minimum atomic E-state index is -0.960. The first kappa shape index (κ1) is 23.6. The maximum atomic E-state index is 13.7. The molecule has 7 heteroatoms. The van der Waals surface area contributed by atoms with Gasteiger partial charge in [0.15, 0.2) is 0 Å². The minimum absolute atomic E-state index is 0.0990. The van der Waals surface area contributed by atoms with Crippen LogP contribution in [0.4, 0.5) is 5.69 Å². The molecule has 7 rings (SSSR count). The van der Waals surface area contributed by atoms with Gasteiger partial charge in [-0.2, -0.15) is 0 Å². The van der Waals surface area contributed by atoms with Crippen molar-refractivity contribution in [3.05, 3.63) is 77.9 Å². The molecule has 3 amide bonds. The Hall–Kier alpha value is -3.74. The Morgan fingerprint density at radius 2 is 1.57 bits per heavy atom. The largest absolute Gasteiger partial charge is 0.462 e. The zero-order chi connectivity index (χ0) is 25.7. The van der Waals surface area contributed by atoms with Crippen molar-refractivity contribution in [1.82, 2.24) is 4.90 Å². The molecule has 1 saturated heterocycles. The minimum Gasteiger partial charge on any atom is -0.462 e. The molecule has 37 heavy (non-hydrogen) atoms. The van der Waals surface area contributed by atoms with Crippen LogP contribution in [0.25, 0.3) is 0 Å². The quantitative estimate of drug-likeness (QED) is 0.339. The summed E-state index contributed by atoms with van der Waals surface area (Å²) in [6.07, 6.45) is 6.33. The van der Waals surface area contributed by atoms with Gasteiger partial charge in [0.25, 0.3) is 0 Å². The third kappa shape index (κ3) is 4.06. The SMILES string of the molecule is CCCOC(=O)c1ccc(NC(=O)[C@@H](Cc2ccccc2)N2C(=O)[C@@H]3[C@@H]4C=C[C@H]([C@H]5C[C@H]45)[C@@H]3C2=O)cc1. The number of nitrogens with zero attached hydrogens (tertiary/aromatic N) is 1. The van der Waals surface area contributed by atoms with Crippen LogP contribution < -0.4 is 5.32 Å². The summed E-state index contributed by atoms with van der Waals surface area (Å²) in [6.45, 7) is 2.27. The molecule has 2 bridgehead atoms. The van der Waals surface area contributed by atoms with E-state index in [1.165, 1.54) is 4.90 Å². The number of imide groups is 1. The van der Waals surface area contributed by atoms with Crippen molar-refractivity contribution in [1.29, 1.82) is 0 Å². The number of esters is 1. The number of nitrogens with one attached hydrogen (secondary N) is 1. The second-order valence-corrected chi connectivity index (χ2v) is 10.6. The van der Waals surface area contributed by atoms with Gasteiger partial charge in [0.1, 0.15) is 6.04 Å². The first-order valence-corrected chi connectivity index (χ1v) is 13.1. The summed E-state index contributed by atoms with van der Waals surface area (Å²) in [5.74, 6) is -0.793. The van der Waals surface area contributed by atoms with Crippen LogP contribution in [0.5, 0.6) is 0 Å². The molecule has 2 aromatic rings. The Bertz CT molecular complexity index is 1230. The number of ether oxygens (including phenoxy) is 1. The summed E-state index contributed by atoms with van der Waals surface area (Å²) < 4.78 is 5.16. The van der Waals surface area contributed by atoms with Crippen LogP contribution in [-0.2, 0) is 25.5 Å². The molecule has 0 radical (unpaired) electrons. The Morgan fingerprint density at radius 1 is 0.946 bits per heavy atom. The summed E-state index contributed by atoms with van der Waals surface area (Å²) in [5, 5.41) is 2.87. The summed E-state index contributed by atoms with van der Waals surface area (Å²) in [4.78, 5) is 54.5.